The van der Waals surface area contributed by atoms with Crippen LogP contribution < -0.4 is 0 Å². The van der Waals surface area contributed by atoms with E-state index in [-0.39, 0.29) is 0 Å². The van der Waals surface area contributed by atoms with Crippen molar-refractivity contribution in [3.63, 3.8) is 0 Å². The highest BCUT2D eigenvalue weighted by molar-refractivity contribution is 5.76. The van der Waals surface area contributed by atoms with Gasteiger partial charge in [-0.15, -0.1) is 0 Å². The van der Waals surface area contributed by atoms with E-state index in [9.17, 15) is 4.79 Å². The molecule has 2 heterocycles. The topological polar surface area (TPSA) is 39.7 Å². The summed E-state index contributed by atoms with van der Waals surface area (Å²) < 4.78 is 0. The van der Waals surface area contributed by atoms with Crippen molar-refractivity contribution in [1.82, 2.24) is 19.7 Å². The molecular weight excluding hydrogens is 264 g/mol. The Morgan fingerprint density at radius 1 is 1.24 bits per heavy atom. The maximum absolute atomic E-state index is 12.1. The van der Waals surface area contributed by atoms with Gasteiger partial charge >= 0.3 is 0 Å². The van der Waals surface area contributed by atoms with Crippen molar-refractivity contribution >= 4 is 5.91 Å². The molecule has 0 aromatic carbocycles. The largest absolute Gasteiger partial charge is 0.340 e. The third-order valence-electron chi connectivity index (χ3n) is 3.83. The smallest absolute Gasteiger partial charge is 0.222 e. The number of pyridine rings is 1. The summed E-state index contributed by atoms with van der Waals surface area (Å²) in [5.41, 5.74) is 1.10. The van der Waals surface area contributed by atoms with Crippen molar-refractivity contribution in [2.75, 3.05) is 46.8 Å². The molecule has 1 aliphatic heterocycles. The van der Waals surface area contributed by atoms with Gasteiger partial charge in [0.25, 0.3) is 0 Å². The summed E-state index contributed by atoms with van der Waals surface area (Å²) in [6, 6.07) is 6.01. The number of hydrogen-bond donors (Lipinski definition) is 0. The standard InChI is InChI=1S/C16H26N4O/c1-18(2)9-5-7-16(21)20-12-10-19(11-13-20)14-15-6-3-4-8-17-15/h3-4,6,8H,5,7,9-14H2,1-2H3. The van der Waals surface area contributed by atoms with Gasteiger partial charge in [0.15, 0.2) is 0 Å². The minimum atomic E-state index is 0.300. The molecular formula is C16H26N4O. The van der Waals surface area contributed by atoms with E-state index in [0.717, 1.165) is 51.4 Å². The molecule has 1 fully saturated rings. The fourth-order valence-electron chi connectivity index (χ4n) is 2.58. The zero-order valence-electron chi connectivity index (χ0n) is 13.2. The van der Waals surface area contributed by atoms with Gasteiger partial charge in [0, 0.05) is 45.3 Å². The Hall–Kier alpha value is -1.46. The molecule has 116 valence electrons. The molecule has 0 atom stereocenters. The Bertz CT molecular complexity index is 427. The maximum Gasteiger partial charge on any atom is 0.222 e. The highest BCUT2D eigenvalue weighted by atomic mass is 16.2. The third-order valence-corrected chi connectivity index (χ3v) is 3.83. The van der Waals surface area contributed by atoms with Gasteiger partial charge < -0.3 is 9.80 Å². The van der Waals surface area contributed by atoms with Gasteiger partial charge in [-0.1, -0.05) is 6.07 Å². The molecule has 1 aromatic rings. The molecule has 1 aliphatic rings. The van der Waals surface area contributed by atoms with Gasteiger partial charge in [0.05, 0.1) is 5.69 Å². The van der Waals surface area contributed by atoms with E-state index in [1.54, 1.807) is 0 Å². The maximum atomic E-state index is 12.1. The Morgan fingerprint density at radius 3 is 2.62 bits per heavy atom. The molecule has 5 heteroatoms. The van der Waals surface area contributed by atoms with Gasteiger partial charge in [-0.3, -0.25) is 14.7 Å². The fraction of sp³-hybridized carbons (Fsp3) is 0.625. The Balaban J connectivity index is 1.69. The first-order valence-corrected chi connectivity index (χ1v) is 7.70. The van der Waals surface area contributed by atoms with Crippen LogP contribution in [0.1, 0.15) is 18.5 Å². The molecule has 0 N–H and O–H groups in total. The number of rotatable bonds is 6. The minimum absolute atomic E-state index is 0.300. The normalized spacial score (nSPS) is 16.4. The molecule has 0 spiro atoms. The average Bonchev–Trinajstić information content (AvgIpc) is 2.48. The number of carbonyl (C=O) groups is 1. The number of hydrogen-bond acceptors (Lipinski definition) is 4. The lowest BCUT2D eigenvalue weighted by atomic mass is 10.2. The molecule has 1 amide bonds. The second-order valence-electron chi connectivity index (χ2n) is 5.88. The third kappa shape index (κ3) is 5.44. The summed E-state index contributed by atoms with van der Waals surface area (Å²) in [5.74, 6) is 0.300. The van der Waals surface area contributed by atoms with Crippen LogP contribution in [0, 0.1) is 0 Å². The quantitative estimate of drug-likeness (QED) is 0.786. The van der Waals surface area contributed by atoms with E-state index in [4.69, 9.17) is 0 Å². The highest BCUT2D eigenvalue weighted by Gasteiger charge is 2.20. The van der Waals surface area contributed by atoms with Crippen molar-refractivity contribution in [1.29, 1.82) is 0 Å². The highest BCUT2D eigenvalue weighted by Crippen LogP contribution is 2.08. The van der Waals surface area contributed by atoms with Gasteiger partial charge in [-0.05, 0) is 39.2 Å². The summed E-state index contributed by atoms with van der Waals surface area (Å²) in [6.45, 7) is 5.42. The van der Waals surface area contributed by atoms with Crippen molar-refractivity contribution in [3.05, 3.63) is 30.1 Å². The summed E-state index contributed by atoms with van der Waals surface area (Å²) in [5, 5.41) is 0. The van der Waals surface area contributed by atoms with Crippen LogP contribution in [0.15, 0.2) is 24.4 Å². The van der Waals surface area contributed by atoms with E-state index < -0.39 is 0 Å². The fourth-order valence-corrected chi connectivity index (χ4v) is 2.58. The summed E-state index contributed by atoms with van der Waals surface area (Å²) in [6.07, 6.45) is 3.44. The number of piperazine rings is 1. The van der Waals surface area contributed by atoms with Crippen LogP contribution in [0.4, 0.5) is 0 Å². The molecule has 21 heavy (non-hydrogen) atoms. The summed E-state index contributed by atoms with van der Waals surface area (Å²) in [7, 11) is 4.09. The van der Waals surface area contributed by atoms with E-state index in [1.165, 1.54) is 0 Å². The van der Waals surface area contributed by atoms with Gasteiger partial charge in [0.2, 0.25) is 5.91 Å². The molecule has 5 nitrogen and oxygen atoms in total. The SMILES string of the molecule is CN(C)CCCC(=O)N1CCN(Cc2ccccn2)CC1. The molecule has 0 bridgehead atoms. The van der Waals surface area contributed by atoms with Crippen LogP contribution in [0.5, 0.6) is 0 Å². The van der Waals surface area contributed by atoms with E-state index in [0.29, 0.717) is 12.3 Å². The van der Waals surface area contributed by atoms with E-state index in [2.05, 4.69) is 20.9 Å². The molecule has 0 unspecified atom stereocenters. The molecule has 2 rings (SSSR count). The number of nitrogens with zero attached hydrogens (tertiary/aromatic N) is 4. The molecule has 0 aliphatic carbocycles. The Morgan fingerprint density at radius 2 is 2.00 bits per heavy atom. The number of carbonyl (C=O) groups excluding carboxylic acids is 1. The van der Waals surface area contributed by atoms with Crippen molar-refractivity contribution in [3.8, 4) is 0 Å². The first kappa shape index (κ1) is 15.9. The van der Waals surface area contributed by atoms with Crippen LogP contribution in [0.2, 0.25) is 0 Å². The predicted octanol–water partition coefficient (Wildman–Crippen LogP) is 1.07. The molecule has 0 saturated carbocycles. The van der Waals surface area contributed by atoms with Crippen LogP contribution in [-0.2, 0) is 11.3 Å². The van der Waals surface area contributed by atoms with Crippen molar-refractivity contribution in [2.24, 2.45) is 0 Å². The van der Waals surface area contributed by atoms with Crippen LogP contribution in [-0.4, -0.2) is 72.4 Å². The molecule has 0 radical (unpaired) electrons. The first-order valence-electron chi connectivity index (χ1n) is 7.70. The van der Waals surface area contributed by atoms with E-state index >= 15 is 0 Å². The predicted molar refractivity (Wildman–Crippen MR) is 83.9 cm³/mol. The van der Waals surface area contributed by atoms with Crippen LogP contribution >= 0.6 is 0 Å². The average molecular weight is 290 g/mol. The summed E-state index contributed by atoms with van der Waals surface area (Å²) >= 11 is 0. The lowest BCUT2D eigenvalue weighted by Gasteiger charge is -2.34. The van der Waals surface area contributed by atoms with Gasteiger partial charge in [0.1, 0.15) is 0 Å². The van der Waals surface area contributed by atoms with Crippen molar-refractivity contribution in [2.45, 2.75) is 19.4 Å². The monoisotopic (exact) mass is 290 g/mol. The van der Waals surface area contributed by atoms with Crippen LogP contribution in [0.3, 0.4) is 0 Å². The second-order valence-corrected chi connectivity index (χ2v) is 5.88. The number of amides is 1. The van der Waals surface area contributed by atoms with E-state index in [1.807, 2.05) is 37.3 Å². The first-order chi connectivity index (χ1) is 10.1. The second kappa shape index (κ2) is 8.10. The molecule has 1 saturated heterocycles. The van der Waals surface area contributed by atoms with Crippen molar-refractivity contribution < 1.29 is 4.79 Å². The Kier molecular flexibility index (Phi) is 6.14. The minimum Gasteiger partial charge on any atom is -0.340 e. The molecule has 1 aromatic heterocycles. The zero-order chi connectivity index (χ0) is 15.1. The Labute approximate surface area is 127 Å². The van der Waals surface area contributed by atoms with Crippen LogP contribution in [0.25, 0.3) is 0 Å². The number of aromatic nitrogens is 1. The zero-order valence-corrected chi connectivity index (χ0v) is 13.2. The summed E-state index contributed by atoms with van der Waals surface area (Å²) in [4.78, 5) is 23.0. The lowest BCUT2D eigenvalue weighted by Crippen LogP contribution is -2.48. The van der Waals surface area contributed by atoms with Gasteiger partial charge in [-0.25, -0.2) is 0 Å². The van der Waals surface area contributed by atoms with Gasteiger partial charge in [-0.2, -0.15) is 0 Å². The lowest BCUT2D eigenvalue weighted by molar-refractivity contribution is -0.133.